The van der Waals surface area contributed by atoms with Crippen molar-refractivity contribution in [1.29, 1.82) is 0 Å². The van der Waals surface area contributed by atoms with E-state index < -0.39 is 5.67 Å². The number of fused-ring (bicyclic) bond motifs is 3. The van der Waals surface area contributed by atoms with E-state index in [0.717, 1.165) is 28.8 Å². The Kier molecular flexibility index (Phi) is 5.73. The fourth-order valence-corrected chi connectivity index (χ4v) is 5.36. The molecule has 3 aromatic rings. The Bertz CT molecular complexity index is 1090. The Morgan fingerprint density at radius 3 is 2.50 bits per heavy atom. The first-order valence-corrected chi connectivity index (χ1v) is 11.1. The lowest BCUT2D eigenvalue weighted by Gasteiger charge is -2.43. The van der Waals surface area contributed by atoms with Crippen LogP contribution in [0.4, 0.5) is 4.39 Å². The summed E-state index contributed by atoms with van der Waals surface area (Å²) in [6.07, 6.45) is 4.78. The number of H-pyrrole nitrogens is 1. The maximum absolute atomic E-state index is 14.9. The van der Waals surface area contributed by atoms with Crippen molar-refractivity contribution in [1.82, 2.24) is 9.88 Å². The van der Waals surface area contributed by atoms with Gasteiger partial charge < -0.3 is 4.98 Å². The van der Waals surface area contributed by atoms with Crippen molar-refractivity contribution in [2.24, 2.45) is 0 Å². The van der Waals surface area contributed by atoms with Gasteiger partial charge in [0.1, 0.15) is 5.67 Å². The molecule has 0 aliphatic carbocycles. The maximum atomic E-state index is 14.9. The highest BCUT2D eigenvalue weighted by Crippen LogP contribution is 2.46. The number of hydrogen-bond acceptors (Lipinski definition) is 1. The molecule has 0 unspecified atom stereocenters. The largest absolute Gasteiger partial charge is 0.357 e. The molecule has 2 aromatic carbocycles. The van der Waals surface area contributed by atoms with Gasteiger partial charge in [-0.3, -0.25) is 4.90 Å². The van der Waals surface area contributed by atoms with E-state index in [1.807, 2.05) is 37.3 Å². The molecule has 4 rings (SSSR count). The summed E-state index contributed by atoms with van der Waals surface area (Å²) in [6.45, 7) is 7.64. The van der Waals surface area contributed by atoms with Crippen LogP contribution in [0.1, 0.15) is 56.1 Å². The van der Waals surface area contributed by atoms with Crippen LogP contribution in [-0.2, 0) is 6.42 Å². The zero-order valence-electron chi connectivity index (χ0n) is 17.8. The Hall–Kier alpha value is -1.81. The monoisotopic (exact) mass is 444 g/mol. The molecule has 0 amide bonds. The minimum absolute atomic E-state index is 0.138. The fourth-order valence-electron chi connectivity index (χ4n) is 4.65. The van der Waals surface area contributed by atoms with E-state index in [-0.39, 0.29) is 18.6 Å². The van der Waals surface area contributed by atoms with Crippen molar-refractivity contribution in [3.8, 4) is 0 Å². The van der Waals surface area contributed by atoms with Gasteiger partial charge in [-0.25, -0.2) is 4.39 Å². The molecule has 2 heterocycles. The van der Waals surface area contributed by atoms with Gasteiger partial charge in [0.05, 0.1) is 6.04 Å². The van der Waals surface area contributed by atoms with Gasteiger partial charge in [0.2, 0.25) is 0 Å². The highest BCUT2D eigenvalue weighted by Gasteiger charge is 2.40. The van der Waals surface area contributed by atoms with Gasteiger partial charge in [-0.1, -0.05) is 53.6 Å². The second-order valence-corrected chi connectivity index (χ2v) is 9.62. The second kappa shape index (κ2) is 8.03. The lowest BCUT2D eigenvalue weighted by atomic mass is 9.87. The predicted molar refractivity (Wildman–Crippen MR) is 126 cm³/mol. The van der Waals surface area contributed by atoms with Gasteiger partial charge in [-0.05, 0) is 63.4 Å². The Morgan fingerprint density at radius 2 is 1.87 bits per heavy atom. The van der Waals surface area contributed by atoms with E-state index in [1.165, 1.54) is 10.9 Å². The molecule has 158 valence electrons. The molecular weight excluding hydrogens is 418 g/mol. The molecule has 0 fully saturated rings. The standard InChI is InChI=1S/C25H27Cl2FN2/c1-5-8-16-12-19(26)22(20(27)13-16)24-23-18(17-9-6-7-10-21(17)29-23)11-15(2)30(24)14-25(3,4)28/h5-10,12-13,15,24,29H,11,14H2,1-4H3/b8-5+/t15-,24-/m1/s1. The number of alkyl halides is 1. The van der Waals surface area contributed by atoms with Crippen molar-refractivity contribution < 1.29 is 4.39 Å². The minimum Gasteiger partial charge on any atom is -0.357 e. The molecule has 0 saturated carbocycles. The van der Waals surface area contributed by atoms with Gasteiger partial charge in [0, 0.05) is 44.8 Å². The van der Waals surface area contributed by atoms with E-state index in [0.29, 0.717) is 10.0 Å². The molecule has 1 aliphatic heterocycles. The van der Waals surface area contributed by atoms with Crippen molar-refractivity contribution >= 4 is 40.2 Å². The fraction of sp³-hybridized carbons (Fsp3) is 0.360. The Balaban J connectivity index is 1.96. The van der Waals surface area contributed by atoms with E-state index in [2.05, 4.69) is 35.0 Å². The van der Waals surface area contributed by atoms with Crippen LogP contribution in [0.25, 0.3) is 17.0 Å². The first kappa shape index (κ1) is 21.4. The van der Waals surface area contributed by atoms with Crippen LogP contribution in [0.3, 0.4) is 0 Å². The summed E-state index contributed by atoms with van der Waals surface area (Å²) in [6, 6.07) is 12.1. The molecule has 2 nitrogen and oxygen atoms in total. The number of halogens is 3. The summed E-state index contributed by atoms with van der Waals surface area (Å²) in [4.78, 5) is 5.79. The van der Waals surface area contributed by atoms with Crippen LogP contribution >= 0.6 is 23.2 Å². The summed E-state index contributed by atoms with van der Waals surface area (Å²) in [5.41, 5.74) is 3.84. The highest BCUT2D eigenvalue weighted by atomic mass is 35.5. The number of hydrogen-bond donors (Lipinski definition) is 1. The first-order chi connectivity index (χ1) is 14.2. The van der Waals surface area contributed by atoms with Crippen molar-refractivity contribution in [3.05, 3.63) is 74.9 Å². The summed E-state index contributed by atoms with van der Waals surface area (Å²) in [5, 5.41) is 2.41. The lowest BCUT2D eigenvalue weighted by Crippen LogP contribution is -2.48. The number of aromatic nitrogens is 1. The van der Waals surface area contributed by atoms with Gasteiger partial charge in [0.25, 0.3) is 0 Å². The summed E-state index contributed by atoms with van der Waals surface area (Å²) in [7, 11) is 0. The third kappa shape index (κ3) is 3.91. The molecule has 30 heavy (non-hydrogen) atoms. The minimum atomic E-state index is -1.35. The van der Waals surface area contributed by atoms with Crippen LogP contribution < -0.4 is 0 Å². The van der Waals surface area contributed by atoms with E-state index in [9.17, 15) is 4.39 Å². The number of allylic oxidation sites excluding steroid dienone is 1. The predicted octanol–water partition coefficient (Wildman–Crippen LogP) is 7.59. The SMILES string of the molecule is C/C=C/c1cc(Cl)c([C@@H]2c3[nH]c4ccccc4c3C[C@@H](C)N2CC(C)(C)F)c(Cl)c1. The van der Waals surface area contributed by atoms with Crippen LogP contribution in [0, 0.1) is 0 Å². The molecule has 1 aliphatic rings. The molecule has 0 bridgehead atoms. The normalized spacial score (nSPS) is 20.2. The topological polar surface area (TPSA) is 19.0 Å². The molecule has 1 aromatic heterocycles. The number of nitrogens with zero attached hydrogens (tertiary/aromatic N) is 1. The Morgan fingerprint density at radius 1 is 1.20 bits per heavy atom. The number of aromatic amines is 1. The van der Waals surface area contributed by atoms with E-state index >= 15 is 0 Å². The van der Waals surface area contributed by atoms with Crippen molar-refractivity contribution in [2.75, 3.05) is 6.54 Å². The van der Waals surface area contributed by atoms with Gasteiger partial charge in [0.15, 0.2) is 0 Å². The lowest BCUT2D eigenvalue weighted by molar-refractivity contribution is 0.0668. The molecule has 0 radical (unpaired) electrons. The number of benzene rings is 2. The average molecular weight is 445 g/mol. The van der Waals surface area contributed by atoms with Crippen LogP contribution in [0.2, 0.25) is 10.0 Å². The molecule has 0 saturated heterocycles. The first-order valence-electron chi connectivity index (χ1n) is 10.4. The van der Waals surface area contributed by atoms with Crippen molar-refractivity contribution in [2.45, 2.75) is 51.9 Å². The number of para-hydroxylation sites is 1. The summed E-state index contributed by atoms with van der Waals surface area (Å²) < 4.78 is 14.9. The summed E-state index contributed by atoms with van der Waals surface area (Å²) in [5.74, 6) is 0. The van der Waals surface area contributed by atoms with E-state index in [1.54, 1.807) is 13.8 Å². The van der Waals surface area contributed by atoms with Crippen molar-refractivity contribution in [3.63, 3.8) is 0 Å². The van der Waals surface area contributed by atoms with Crippen LogP contribution in [0.15, 0.2) is 42.5 Å². The van der Waals surface area contributed by atoms with E-state index in [4.69, 9.17) is 23.2 Å². The van der Waals surface area contributed by atoms with Crippen LogP contribution in [0.5, 0.6) is 0 Å². The highest BCUT2D eigenvalue weighted by molar-refractivity contribution is 6.36. The summed E-state index contributed by atoms with van der Waals surface area (Å²) >= 11 is 13.6. The molecule has 1 N–H and O–H groups in total. The third-order valence-electron chi connectivity index (χ3n) is 5.81. The maximum Gasteiger partial charge on any atom is 0.118 e. The zero-order valence-corrected chi connectivity index (χ0v) is 19.3. The second-order valence-electron chi connectivity index (χ2n) is 8.81. The third-order valence-corrected chi connectivity index (χ3v) is 6.44. The van der Waals surface area contributed by atoms with Gasteiger partial charge in [-0.2, -0.15) is 0 Å². The zero-order chi connectivity index (χ0) is 21.6. The van der Waals surface area contributed by atoms with Gasteiger partial charge in [-0.15, -0.1) is 0 Å². The number of nitrogens with one attached hydrogen (secondary N) is 1. The quantitative estimate of drug-likeness (QED) is 0.438. The number of rotatable bonds is 4. The smallest absolute Gasteiger partial charge is 0.118 e. The molecule has 2 atom stereocenters. The average Bonchev–Trinajstić information content (AvgIpc) is 3.01. The Labute approximate surface area is 187 Å². The molecule has 0 spiro atoms. The van der Waals surface area contributed by atoms with Crippen LogP contribution in [-0.4, -0.2) is 28.1 Å². The molecular formula is C25H27Cl2FN2. The molecule has 5 heteroatoms. The van der Waals surface area contributed by atoms with Gasteiger partial charge >= 0.3 is 0 Å².